The Kier molecular flexibility index (Phi) is 10.3. The Labute approximate surface area is 181 Å². The molecule has 1 aliphatic heterocycles. The van der Waals surface area contributed by atoms with Gasteiger partial charge in [-0.3, -0.25) is 0 Å². The van der Waals surface area contributed by atoms with E-state index in [9.17, 15) is 24.6 Å². The minimum atomic E-state index is -2.30. The van der Waals surface area contributed by atoms with Crippen molar-refractivity contribution < 1.29 is 38.8 Å². The number of nitrogens with one attached hydrogen (secondary N) is 1. The number of carboxylic acid groups (broad SMARTS) is 2. The number of unbranched alkanes of at least 4 members (excludes halogenated alkanes) is 3. The third-order valence-corrected chi connectivity index (χ3v) is 5.10. The Morgan fingerprint density at radius 2 is 1.74 bits per heavy atom. The first-order valence-corrected chi connectivity index (χ1v) is 10.6. The van der Waals surface area contributed by atoms with Crippen LogP contribution in [0.1, 0.15) is 56.9 Å². The summed E-state index contributed by atoms with van der Waals surface area (Å²) in [6, 6.07) is 9.36. The van der Waals surface area contributed by atoms with E-state index in [-0.39, 0.29) is 13.0 Å². The van der Waals surface area contributed by atoms with E-state index in [0.717, 1.165) is 18.4 Å². The minimum Gasteiger partial charge on any atom is -0.479 e. The van der Waals surface area contributed by atoms with E-state index in [1.54, 1.807) is 0 Å². The largest absolute Gasteiger partial charge is 0.479 e. The molecule has 0 radical (unpaired) electrons. The van der Waals surface area contributed by atoms with Gasteiger partial charge in [-0.2, -0.15) is 0 Å². The number of ether oxygens (including phenoxy) is 3. The summed E-state index contributed by atoms with van der Waals surface area (Å²) in [5.41, 5.74) is -1.40. The second-order valence-electron chi connectivity index (χ2n) is 7.50. The number of benzene rings is 1. The van der Waals surface area contributed by atoms with Crippen molar-refractivity contribution in [2.75, 3.05) is 13.2 Å². The van der Waals surface area contributed by atoms with Crippen LogP contribution >= 0.6 is 0 Å². The third-order valence-electron chi connectivity index (χ3n) is 5.10. The van der Waals surface area contributed by atoms with Crippen molar-refractivity contribution in [3.8, 4) is 0 Å². The van der Waals surface area contributed by atoms with Crippen LogP contribution in [0.4, 0.5) is 4.79 Å². The highest BCUT2D eigenvalue weighted by atomic mass is 16.7. The van der Waals surface area contributed by atoms with Crippen molar-refractivity contribution in [3.05, 3.63) is 35.9 Å². The number of amides is 1. The first-order chi connectivity index (χ1) is 14.9. The van der Waals surface area contributed by atoms with E-state index in [4.69, 9.17) is 14.2 Å². The van der Waals surface area contributed by atoms with Gasteiger partial charge in [0.05, 0.1) is 0 Å². The molecule has 31 heavy (non-hydrogen) atoms. The van der Waals surface area contributed by atoms with Gasteiger partial charge in [0.2, 0.25) is 0 Å². The SMILES string of the molecule is O=C(NCCCCCCC(OC1CCCCO1)(C(=O)O)C(=O)O)OCc1ccccc1. The molecule has 1 aromatic carbocycles. The zero-order valence-corrected chi connectivity index (χ0v) is 17.6. The second-order valence-corrected chi connectivity index (χ2v) is 7.50. The van der Waals surface area contributed by atoms with E-state index in [1.165, 1.54) is 0 Å². The van der Waals surface area contributed by atoms with Gasteiger partial charge in [0.25, 0.3) is 5.60 Å². The number of carboxylic acids is 2. The minimum absolute atomic E-state index is 0.149. The Hall–Kier alpha value is -2.65. The normalized spacial score (nSPS) is 16.5. The van der Waals surface area contributed by atoms with Crippen molar-refractivity contribution in [1.82, 2.24) is 5.32 Å². The fourth-order valence-corrected chi connectivity index (χ4v) is 3.31. The number of carbonyl (C=O) groups is 3. The Balaban J connectivity index is 1.64. The Morgan fingerprint density at radius 1 is 1.03 bits per heavy atom. The highest BCUT2D eigenvalue weighted by molar-refractivity contribution is 6.01. The molecule has 3 N–H and O–H groups in total. The summed E-state index contributed by atoms with van der Waals surface area (Å²) in [5.74, 6) is -3.03. The quantitative estimate of drug-likeness (QED) is 0.316. The Bertz CT molecular complexity index is 689. The molecule has 9 heteroatoms. The lowest BCUT2D eigenvalue weighted by atomic mass is 9.95. The third kappa shape index (κ3) is 8.18. The van der Waals surface area contributed by atoms with Crippen LogP contribution in [0, 0.1) is 0 Å². The van der Waals surface area contributed by atoms with Crippen molar-refractivity contribution in [1.29, 1.82) is 0 Å². The predicted octanol–water partition coefficient (Wildman–Crippen LogP) is 3.31. The van der Waals surface area contributed by atoms with Gasteiger partial charge in [0.15, 0.2) is 6.29 Å². The van der Waals surface area contributed by atoms with Crippen LogP contribution in [-0.4, -0.2) is 53.3 Å². The summed E-state index contributed by atoms with van der Waals surface area (Å²) in [6.07, 6.45) is 3.02. The van der Waals surface area contributed by atoms with E-state index in [1.807, 2.05) is 30.3 Å². The number of carbonyl (C=O) groups excluding carboxylic acids is 1. The summed E-state index contributed by atoms with van der Waals surface area (Å²) < 4.78 is 15.9. The maximum Gasteiger partial charge on any atom is 0.407 e. The summed E-state index contributed by atoms with van der Waals surface area (Å²) >= 11 is 0. The van der Waals surface area contributed by atoms with Crippen LogP contribution < -0.4 is 5.32 Å². The number of alkyl carbamates (subject to hydrolysis) is 1. The molecule has 1 atom stereocenters. The van der Waals surface area contributed by atoms with Crippen molar-refractivity contribution in [2.45, 2.75) is 69.9 Å². The zero-order valence-electron chi connectivity index (χ0n) is 17.6. The molecule has 1 amide bonds. The van der Waals surface area contributed by atoms with E-state index in [0.29, 0.717) is 45.3 Å². The average molecular weight is 437 g/mol. The highest BCUT2D eigenvalue weighted by Crippen LogP contribution is 2.27. The molecule has 0 aromatic heterocycles. The average Bonchev–Trinajstić information content (AvgIpc) is 2.77. The Morgan fingerprint density at radius 3 is 2.39 bits per heavy atom. The molecule has 0 spiro atoms. The lowest BCUT2D eigenvalue weighted by Gasteiger charge is -2.32. The molecule has 1 fully saturated rings. The fraction of sp³-hybridized carbons (Fsp3) is 0.591. The number of hydrogen-bond donors (Lipinski definition) is 3. The van der Waals surface area contributed by atoms with Crippen LogP contribution in [0.2, 0.25) is 0 Å². The molecule has 1 aliphatic rings. The molecule has 1 aromatic rings. The zero-order chi connectivity index (χ0) is 22.5. The molecule has 172 valence electrons. The number of aliphatic carboxylic acids is 2. The summed E-state index contributed by atoms with van der Waals surface area (Å²) in [5, 5.41) is 21.7. The van der Waals surface area contributed by atoms with Gasteiger partial charge >= 0.3 is 18.0 Å². The second kappa shape index (κ2) is 12.9. The van der Waals surface area contributed by atoms with E-state index < -0.39 is 29.9 Å². The first-order valence-electron chi connectivity index (χ1n) is 10.6. The van der Waals surface area contributed by atoms with Gasteiger partial charge in [-0.05, 0) is 44.1 Å². The van der Waals surface area contributed by atoms with Crippen LogP contribution in [0.15, 0.2) is 30.3 Å². The lowest BCUT2D eigenvalue weighted by molar-refractivity contribution is -0.238. The van der Waals surface area contributed by atoms with Crippen LogP contribution in [0.25, 0.3) is 0 Å². The predicted molar refractivity (Wildman–Crippen MR) is 110 cm³/mol. The molecule has 1 unspecified atom stereocenters. The summed E-state index contributed by atoms with van der Waals surface area (Å²) in [4.78, 5) is 35.1. The highest BCUT2D eigenvalue weighted by Gasteiger charge is 2.49. The molecule has 1 saturated heterocycles. The fourth-order valence-electron chi connectivity index (χ4n) is 3.31. The maximum absolute atomic E-state index is 11.7. The molecule has 1 heterocycles. The van der Waals surface area contributed by atoms with Gasteiger partial charge in [-0.25, -0.2) is 14.4 Å². The molecular weight excluding hydrogens is 406 g/mol. The molecule has 0 bridgehead atoms. The van der Waals surface area contributed by atoms with Crippen LogP contribution in [0.5, 0.6) is 0 Å². The molecular formula is C22H31NO8. The number of hydrogen-bond acceptors (Lipinski definition) is 6. The maximum atomic E-state index is 11.7. The van der Waals surface area contributed by atoms with Crippen molar-refractivity contribution in [2.24, 2.45) is 0 Å². The van der Waals surface area contributed by atoms with Crippen LogP contribution in [-0.2, 0) is 30.4 Å². The van der Waals surface area contributed by atoms with Gasteiger partial charge < -0.3 is 29.7 Å². The monoisotopic (exact) mass is 437 g/mol. The van der Waals surface area contributed by atoms with E-state index in [2.05, 4.69) is 5.32 Å². The summed E-state index contributed by atoms with van der Waals surface area (Å²) in [7, 11) is 0. The smallest absolute Gasteiger partial charge is 0.407 e. The van der Waals surface area contributed by atoms with Crippen LogP contribution in [0.3, 0.4) is 0 Å². The molecule has 2 rings (SSSR count). The van der Waals surface area contributed by atoms with E-state index >= 15 is 0 Å². The lowest BCUT2D eigenvalue weighted by Crippen LogP contribution is -2.52. The van der Waals surface area contributed by atoms with Gasteiger partial charge in [0, 0.05) is 13.2 Å². The summed E-state index contributed by atoms with van der Waals surface area (Å²) in [6.45, 7) is 1.05. The molecule has 0 aliphatic carbocycles. The standard InChI is InChI=1S/C22H31NO8/c24-19(25)22(20(26)27,31-18-12-6-9-15-29-18)13-7-1-2-8-14-23-21(28)30-16-17-10-4-3-5-11-17/h3-5,10-11,18H,1-2,6-9,12-16H2,(H,23,28)(H,24,25)(H,26,27). The van der Waals surface area contributed by atoms with Crippen molar-refractivity contribution >= 4 is 18.0 Å². The van der Waals surface area contributed by atoms with Gasteiger partial charge in [-0.1, -0.05) is 43.2 Å². The first kappa shape index (κ1) is 24.6. The molecule has 0 saturated carbocycles. The molecule has 9 nitrogen and oxygen atoms in total. The number of rotatable bonds is 13. The van der Waals surface area contributed by atoms with Crippen molar-refractivity contribution in [3.63, 3.8) is 0 Å². The van der Waals surface area contributed by atoms with Gasteiger partial charge in [0.1, 0.15) is 6.61 Å². The van der Waals surface area contributed by atoms with Gasteiger partial charge in [-0.15, -0.1) is 0 Å². The topological polar surface area (TPSA) is 131 Å².